The number of aromatic nitrogens is 1. The van der Waals surface area contributed by atoms with Crippen LogP contribution in [0.25, 0.3) is 17.3 Å². The van der Waals surface area contributed by atoms with E-state index in [4.69, 9.17) is 4.98 Å². The Bertz CT molecular complexity index is 1000. The second kappa shape index (κ2) is 9.35. The number of allylic oxidation sites excluding steroid dienone is 1. The van der Waals surface area contributed by atoms with Gasteiger partial charge in [-0.1, -0.05) is 74.7 Å². The highest BCUT2D eigenvalue weighted by Gasteiger charge is 2.33. The molecule has 1 aromatic heterocycles. The fourth-order valence-corrected chi connectivity index (χ4v) is 5.60. The van der Waals surface area contributed by atoms with Gasteiger partial charge in [0.05, 0.1) is 11.4 Å². The Kier molecular flexibility index (Phi) is 6.72. The van der Waals surface area contributed by atoms with Crippen molar-refractivity contribution in [2.45, 2.75) is 72.1 Å². The number of hydrogen-bond acceptors (Lipinski definition) is 2. The van der Waals surface area contributed by atoms with Crippen molar-refractivity contribution in [3.05, 3.63) is 70.4 Å². The minimum Gasteiger partial charge on any atom is -0.319 e. The first-order chi connectivity index (χ1) is 15.3. The molecule has 2 nitrogen and oxygen atoms in total. The number of nitrogens with one attached hydrogen (secondary N) is 1. The van der Waals surface area contributed by atoms with Crippen molar-refractivity contribution in [1.82, 2.24) is 10.3 Å². The van der Waals surface area contributed by atoms with Crippen molar-refractivity contribution in [1.29, 1.82) is 0 Å². The van der Waals surface area contributed by atoms with Crippen molar-refractivity contribution in [2.75, 3.05) is 13.6 Å². The van der Waals surface area contributed by atoms with Crippen LogP contribution in [0.5, 0.6) is 0 Å². The first kappa shape index (κ1) is 23.0. The van der Waals surface area contributed by atoms with Crippen molar-refractivity contribution in [2.24, 2.45) is 11.3 Å². The van der Waals surface area contributed by atoms with Gasteiger partial charge < -0.3 is 5.32 Å². The largest absolute Gasteiger partial charge is 0.319 e. The highest BCUT2D eigenvalue weighted by molar-refractivity contribution is 5.70. The minimum atomic E-state index is 0.175. The molecule has 1 fully saturated rings. The predicted molar refractivity (Wildman–Crippen MR) is 138 cm³/mol. The molecule has 0 spiro atoms. The summed E-state index contributed by atoms with van der Waals surface area (Å²) in [6.07, 6.45) is 9.83. The Morgan fingerprint density at radius 3 is 2.53 bits per heavy atom. The number of hydrogen-bond donors (Lipinski definition) is 1. The summed E-state index contributed by atoms with van der Waals surface area (Å²) in [5, 5.41) is 3.49. The molecule has 1 heterocycles. The van der Waals surface area contributed by atoms with Crippen molar-refractivity contribution in [3.8, 4) is 11.3 Å². The third-order valence-corrected chi connectivity index (χ3v) is 7.68. The van der Waals surface area contributed by atoms with Crippen LogP contribution in [0.15, 0.2) is 48.1 Å². The Balaban J connectivity index is 1.60. The van der Waals surface area contributed by atoms with Crippen LogP contribution in [-0.2, 0) is 6.42 Å². The summed E-state index contributed by atoms with van der Waals surface area (Å²) in [5.41, 5.74) is 10.9. The second-order valence-corrected chi connectivity index (χ2v) is 10.8. The van der Waals surface area contributed by atoms with Gasteiger partial charge in [0.25, 0.3) is 0 Å². The molecule has 1 N–H and O–H groups in total. The first-order valence-corrected chi connectivity index (χ1v) is 12.4. The van der Waals surface area contributed by atoms with Crippen LogP contribution in [0.3, 0.4) is 0 Å². The van der Waals surface area contributed by atoms with Crippen LogP contribution in [-0.4, -0.2) is 18.6 Å². The maximum Gasteiger partial charge on any atom is 0.0712 e. The summed E-state index contributed by atoms with van der Waals surface area (Å²) < 4.78 is 0. The average molecular weight is 429 g/mol. The monoisotopic (exact) mass is 428 g/mol. The molecule has 1 aromatic carbocycles. The molecule has 0 radical (unpaired) electrons. The van der Waals surface area contributed by atoms with Gasteiger partial charge in [-0.25, -0.2) is 4.98 Å². The van der Waals surface area contributed by atoms with E-state index in [0.717, 1.165) is 24.6 Å². The number of benzene rings is 1. The molecule has 2 aromatic rings. The summed E-state index contributed by atoms with van der Waals surface area (Å²) in [7, 11) is 2.09. The number of pyridine rings is 1. The summed E-state index contributed by atoms with van der Waals surface area (Å²) in [6, 6.07) is 11.1. The topological polar surface area (TPSA) is 24.9 Å². The molecule has 0 bridgehead atoms. The summed E-state index contributed by atoms with van der Waals surface area (Å²) in [4.78, 5) is 5.15. The van der Waals surface area contributed by atoms with Crippen molar-refractivity contribution in [3.63, 3.8) is 0 Å². The fourth-order valence-electron chi connectivity index (χ4n) is 5.60. The van der Waals surface area contributed by atoms with Gasteiger partial charge in [-0.05, 0) is 81.2 Å². The van der Waals surface area contributed by atoms with E-state index in [0.29, 0.717) is 5.92 Å². The lowest BCUT2D eigenvalue weighted by atomic mass is 9.73. The number of aryl methyl sites for hydroxylation is 1. The smallest absolute Gasteiger partial charge is 0.0712 e. The molecule has 1 unspecified atom stereocenters. The van der Waals surface area contributed by atoms with Gasteiger partial charge in [0, 0.05) is 17.5 Å². The Morgan fingerprint density at radius 2 is 1.91 bits per heavy atom. The lowest BCUT2D eigenvalue weighted by Gasteiger charge is -2.34. The molecular formula is C30H40N2. The van der Waals surface area contributed by atoms with Crippen LogP contribution < -0.4 is 5.32 Å². The third kappa shape index (κ3) is 4.76. The van der Waals surface area contributed by atoms with Crippen LogP contribution in [0.4, 0.5) is 0 Å². The van der Waals surface area contributed by atoms with Gasteiger partial charge in [0.2, 0.25) is 0 Å². The molecule has 4 rings (SSSR count). The van der Waals surface area contributed by atoms with Gasteiger partial charge in [0.15, 0.2) is 0 Å². The average Bonchev–Trinajstić information content (AvgIpc) is 3.17. The van der Waals surface area contributed by atoms with E-state index in [-0.39, 0.29) is 5.41 Å². The van der Waals surface area contributed by atoms with Gasteiger partial charge in [-0.3, -0.25) is 0 Å². The molecular weight excluding hydrogens is 388 g/mol. The van der Waals surface area contributed by atoms with Crippen LogP contribution in [0.2, 0.25) is 0 Å². The lowest BCUT2D eigenvalue weighted by Crippen LogP contribution is -2.32. The molecule has 1 saturated carbocycles. The zero-order valence-corrected chi connectivity index (χ0v) is 20.7. The van der Waals surface area contributed by atoms with E-state index >= 15 is 0 Å². The fraction of sp³-hybridized carbons (Fsp3) is 0.500. The van der Waals surface area contributed by atoms with E-state index < -0.39 is 0 Å². The molecule has 0 aliphatic heterocycles. The first-order valence-electron chi connectivity index (χ1n) is 12.4. The molecule has 1 atom stereocenters. The van der Waals surface area contributed by atoms with Crippen LogP contribution in [0.1, 0.15) is 81.2 Å². The van der Waals surface area contributed by atoms with Crippen LogP contribution in [0, 0.1) is 18.3 Å². The zero-order valence-electron chi connectivity index (χ0n) is 20.7. The lowest BCUT2D eigenvalue weighted by molar-refractivity contribution is 0.301. The summed E-state index contributed by atoms with van der Waals surface area (Å²) in [6.45, 7) is 14.3. The van der Waals surface area contributed by atoms with Crippen molar-refractivity contribution >= 4 is 6.08 Å². The normalized spacial score (nSPS) is 17.8. The van der Waals surface area contributed by atoms with Gasteiger partial charge in [-0.2, -0.15) is 0 Å². The number of nitrogens with zero attached hydrogens (tertiary/aromatic N) is 1. The predicted octanol–water partition coefficient (Wildman–Crippen LogP) is 7.48. The highest BCUT2D eigenvalue weighted by atomic mass is 14.8. The van der Waals surface area contributed by atoms with Crippen LogP contribution >= 0.6 is 0 Å². The molecule has 2 heteroatoms. The van der Waals surface area contributed by atoms with Crippen molar-refractivity contribution < 1.29 is 0 Å². The van der Waals surface area contributed by atoms with E-state index in [1.165, 1.54) is 65.6 Å². The van der Waals surface area contributed by atoms with Gasteiger partial charge in [0.1, 0.15) is 0 Å². The molecule has 2 aliphatic carbocycles. The third-order valence-electron chi connectivity index (χ3n) is 7.68. The molecule has 0 amide bonds. The maximum absolute atomic E-state index is 5.15. The maximum atomic E-state index is 5.15. The summed E-state index contributed by atoms with van der Waals surface area (Å²) in [5.74, 6) is 1.37. The van der Waals surface area contributed by atoms with E-state index in [1.807, 2.05) is 0 Å². The highest BCUT2D eigenvalue weighted by Crippen LogP contribution is 2.44. The molecule has 170 valence electrons. The Labute approximate surface area is 195 Å². The number of rotatable bonds is 9. The Morgan fingerprint density at radius 1 is 1.19 bits per heavy atom. The van der Waals surface area contributed by atoms with E-state index in [1.54, 1.807) is 5.57 Å². The van der Waals surface area contributed by atoms with Gasteiger partial charge >= 0.3 is 0 Å². The number of fused-ring (bicyclic) bond motifs is 1. The minimum absolute atomic E-state index is 0.175. The molecule has 2 aliphatic rings. The van der Waals surface area contributed by atoms with E-state index in [2.05, 4.69) is 83.0 Å². The molecule has 0 saturated heterocycles. The van der Waals surface area contributed by atoms with E-state index in [9.17, 15) is 0 Å². The second-order valence-electron chi connectivity index (χ2n) is 10.8. The zero-order chi connectivity index (χ0) is 22.9. The molecule has 32 heavy (non-hydrogen) atoms. The quantitative estimate of drug-likeness (QED) is 0.419. The summed E-state index contributed by atoms with van der Waals surface area (Å²) >= 11 is 0. The standard InChI is InChI=1S/C30H40N2/c1-20(2)26-18-28(24-11-9-21(3)10-12-24)32-29-17-25(16-27(26)29)30(5,19-31-6)13-7-8-23-14-22(4)15-23/h9-12,17-18,20,23,31H,4,7-8,13-16,19H2,1-3,5-6H3. The van der Waals surface area contributed by atoms with Gasteiger partial charge in [-0.15, -0.1) is 0 Å². The Hall–Kier alpha value is -2.19. The SMILES string of the molecule is C=C1CC(CCCC(C)(CNC)C2=Cc3nc(-c4ccc(C)cc4)cc(C(C)C)c3C2)C1.